The average Bonchev–Trinajstić information content (AvgIpc) is 2.77. The second-order valence-corrected chi connectivity index (χ2v) is 9.40. The number of ether oxygens (including phenoxy) is 1. The number of hydrogen-bond acceptors (Lipinski definition) is 5. The van der Waals surface area contributed by atoms with Gasteiger partial charge in [-0.25, -0.2) is 8.42 Å². The minimum Gasteiger partial charge on any atom is -0.481 e. The Balaban J connectivity index is 1.59. The van der Waals surface area contributed by atoms with Gasteiger partial charge in [0.1, 0.15) is 5.75 Å². The van der Waals surface area contributed by atoms with Crippen LogP contribution in [0.5, 0.6) is 5.75 Å². The van der Waals surface area contributed by atoms with E-state index in [1.165, 1.54) is 17.0 Å². The molecule has 0 radical (unpaired) electrons. The van der Waals surface area contributed by atoms with Gasteiger partial charge in [0.15, 0.2) is 6.10 Å². The molecule has 30 heavy (non-hydrogen) atoms. The second-order valence-electron chi connectivity index (χ2n) is 7.39. The van der Waals surface area contributed by atoms with Crippen molar-refractivity contribution in [3.8, 4) is 5.75 Å². The lowest BCUT2D eigenvalue weighted by Crippen LogP contribution is -2.52. The number of sulfonamides is 1. The Bertz CT molecular complexity index is 940. The molecule has 8 heteroatoms. The van der Waals surface area contributed by atoms with E-state index in [9.17, 15) is 13.2 Å². The summed E-state index contributed by atoms with van der Waals surface area (Å²) in [4.78, 5) is 17.1. The molecule has 2 aromatic carbocycles. The highest BCUT2D eigenvalue weighted by molar-refractivity contribution is 7.92. The number of benzene rings is 2. The Labute approximate surface area is 178 Å². The quantitative estimate of drug-likeness (QED) is 0.674. The fraction of sp³-hybridized carbons (Fsp3) is 0.409. The number of hydrogen-bond donors (Lipinski definition) is 0. The van der Waals surface area contributed by atoms with Gasteiger partial charge in [-0.15, -0.1) is 0 Å². The van der Waals surface area contributed by atoms with Crippen LogP contribution in [0.3, 0.4) is 0 Å². The van der Waals surface area contributed by atoms with Gasteiger partial charge in [0.25, 0.3) is 5.91 Å². The molecule has 0 unspecified atom stereocenters. The van der Waals surface area contributed by atoms with Crippen LogP contribution < -0.4 is 13.9 Å². The van der Waals surface area contributed by atoms with E-state index < -0.39 is 16.1 Å². The van der Waals surface area contributed by atoms with Gasteiger partial charge in [0.2, 0.25) is 10.0 Å². The highest BCUT2D eigenvalue weighted by atomic mass is 32.2. The molecule has 1 heterocycles. The molecule has 162 valence electrons. The molecule has 0 spiro atoms. The van der Waals surface area contributed by atoms with Crippen molar-refractivity contribution in [2.24, 2.45) is 0 Å². The van der Waals surface area contributed by atoms with E-state index in [0.29, 0.717) is 30.9 Å². The number of para-hydroxylation sites is 1. The van der Waals surface area contributed by atoms with Gasteiger partial charge in [0, 0.05) is 38.9 Å². The second kappa shape index (κ2) is 9.38. The van der Waals surface area contributed by atoms with E-state index in [1.54, 1.807) is 24.3 Å². The maximum Gasteiger partial charge on any atom is 0.263 e. The van der Waals surface area contributed by atoms with E-state index >= 15 is 0 Å². The number of anilines is 2. The van der Waals surface area contributed by atoms with Crippen LogP contribution in [-0.2, 0) is 14.8 Å². The van der Waals surface area contributed by atoms with Crippen molar-refractivity contribution in [1.82, 2.24) is 4.90 Å². The molecule has 1 amide bonds. The normalized spacial score (nSPS) is 15.6. The van der Waals surface area contributed by atoms with E-state index in [-0.39, 0.29) is 5.91 Å². The first kappa shape index (κ1) is 22.0. The van der Waals surface area contributed by atoms with Crippen LogP contribution in [0.2, 0.25) is 0 Å². The predicted molar refractivity (Wildman–Crippen MR) is 120 cm³/mol. The minimum absolute atomic E-state index is 0.0115. The van der Waals surface area contributed by atoms with Crippen molar-refractivity contribution in [3.05, 3.63) is 54.6 Å². The van der Waals surface area contributed by atoms with Gasteiger partial charge < -0.3 is 14.5 Å². The smallest absolute Gasteiger partial charge is 0.263 e. The first-order chi connectivity index (χ1) is 14.3. The molecular weight excluding hydrogens is 402 g/mol. The van der Waals surface area contributed by atoms with Crippen LogP contribution in [-0.4, -0.2) is 64.8 Å². The first-order valence-corrected chi connectivity index (χ1v) is 11.9. The lowest BCUT2D eigenvalue weighted by atomic mass is 10.2. The Morgan fingerprint density at radius 2 is 1.63 bits per heavy atom. The molecule has 3 rings (SSSR count). The Hall–Kier alpha value is -2.74. The molecule has 1 aliphatic heterocycles. The predicted octanol–water partition coefficient (Wildman–Crippen LogP) is 2.59. The zero-order valence-electron chi connectivity index (χ0n) is 17.7. The lowest BCUT2D eigenvalue weighted by Gasteiger charge is -2.37. The number of carbonyl (C=O) groups excluding carboxylic acids is 1. The van der Waals surface area contributed by atoms with Gasteiger partial charge >= 0.3 is 0 Å². The summed E-state index contributed by atoms with van der Waals surface area (Å²) in [5.74, 6) is 0.534. The van der Waals surface area contributed by atoms with Crippen LogP contribution in [0.4, 0.5) is 11.4 Å². The molecule has 0 aliphatic carbocycles. The van der Waals surface area contributed by atoms with E-state index in [1.807, 2.05) is 30.0 Å². The summed E-state index contributed by atoms with van der Waals surface area (Å²) in [6, 6.07) is 16.9. The molecule has 0 aromatic heterocycles. The van der Waals surface area contributed by atoms with Gasteiger partial charge in [-0.3, -0.25) is 9.10 Å². The zero-order chi connectivity index (χ0) is 21.7. The highest BCUT2D eigenvalue weighted by Crippen LogP contribution is 2.22. The largest absolute Gasteiger partial charge is 0.481 e. The number of piperazine rings is 1. The summed E-state index contributed by atoms with van der Waals surface area (Å²) in [6.07, 6.45) is 1.15. The summed E-state index contributed by atoms with van der Waals surface area (Å²) in [5.41, 5.74) is 1.72. The van der Waals surface area contributed by atoms with Gasteiger partial charge in [-0.1, -0.05) is 25.1 Å². The molecule has 0 saturated carbocycles. The van der Waals surface area contributed by atoms with Crippen LogP contribution in [0, 0.1) is 0 Å². The van der Waals surface area contributed by atoms with Crippen LogP contribution in [0.25, 0.3) is 0 Å². The van der Waals surface area contributed by atoms with Crippen molar-refractivity contribution >= 4 is 27.3 Å². The molecule has 7 nitrogen and oxygen atoms in total. The molecule has 0 N–H and O–H groups in total. The van der Waals surface area contributed by atoms with Crippen LogP contribution >= 0.6 is 0 Å². The SMILES string of the molecule is CC[C@H](Oc1ccc(N(C)S(C)(=O)=O)cc1)C(=O)N1CCN(c2ccccc2)CC1. The molecular formula is C22H29N3O4S. The fourth-order valence-corrected chi connectivity index (χ4v) is 3.93. The maximum absolute atomic E-state index is 13.0. The van der Waals surface area contributed by atoms with E-state index in [0.717, 1.165) is 19.3 Å². The Morgan fingerprint density at radius 1 is 1.03 bits per heavy atom. The van der Waals surface area contributed by atoms with Crippen molar-refractivity contribution in [2.45, 2.75) is 19.4 Å². The maximum atomic E-state index is 13.0. The Morgan fingerprint density at radius 3 is 2.17 bits per heavy atom. The number of rotatable bonds is 7. The summed E-state index contributed by atoms with van der Waals surface area (Å²) in [7, 11) is -1.82. The number of carbonyl (C=O) groups is 1. The molecule has 1 aliphatic rings. The van der Waals surface area contributed by atoms with Crippen molar-refractivity contribution < 1.29 is 17.9 Å². The Kier molecular flexibility index (Phi) is 6.87. The zero-order valence-corrected chi connectivity index (χ0v) is 18.5. The molecule has 1 saturated heterocycles. The van der Waals surface area contributed by atoms with E-state index in [2.05, 4.69) is 17.0 Å². The van der Waals surface area contributed by atoms with Crippen LogP contribution in [0.15, 0.2) is 54.6 Å². The number of amides is 1. The van der Waals surface area contributed by atoms with E-state index in [4.69, 9.17) is 4.74 Å². The number of nitrogens with zero attached hydrogens (tertiary/aromatic N) is 3. The highest BCUT2D eigenvalue weighted by Gasteiger charge is 2.28. The third-order valence-electron chi connectivity index (χ3n) is 5.34. The summed E-state index contributed by atoms with van der Waals surface area (Å²) in [6.45, 7) is 4.82. The average molecular weight is 432 g/mol. The van der Waals surface area contributed by atoms with Gasteiger partial charge in [-0.2, -0.15) is 0 Å². The summed E-state index contributed by atoms with van der Waals surface area (Å²) >= 11 is 0. The fourth-order valence-electron chi connectivity index (χ4n) is 3.43. The van der Waals surface area contributed by atoms with Gasteiger partial charge in [-0.05, 0) is 42.8 Å². The lowest BCUT2D eigenvalue weighted by molar-refractivity contribution is -0.139. The van der Waals surface area contributed by atoms with Crippen LogP contribution in [0.1, 0.15) is 13.3 Å². The molecule has 1 atom stereocenters. The van der Waals surface area contributed by atoms with Crippen molar-refractivity contribution in [2.75, 3.05) is 48.7 Å². The third-order valence-corrected chi connectivity index (χ3v) is 6.54. The van der Waals surface area contributed by atoms with Crippen molar-refractivity contribution in [3.63, 3.8) is 0 Å². The minimum atomic E-state index is -3.32. The van der Waals surface area contributed by atoms with Gasteiger partial charge in [0.05, 0.1) is 11.9 Å². The molecule has 0 bridgehead atoms. The third kappa shape index (κ3) is 5.24. The topological polar surface area (TPSA) is 70.2 Å². The monoisotopic (exact) mass is 431 g/mol. The standard InChI is InChI=1S/C22H29N3O4S/c1-4-21(29-20-12-10-18(11-13-20)23(2)30(3,27)28)22(26)25-16-14-24(15-17-25)19-8-6-5-7-9-19/h5-13,21H,4,14-17H2,1-3H3/t21-/m0/s1. The molecule has 2 aromatic rings. The summed E-state index contributed by atoms with van der Waals surface area (Å²) in [5, 5.41) is 0. The summed E-state index contributed by atoms with van der Waals surface area (Å²) < 4.78 is 30.5. The van der Waals surface area contributed by atoms with Crippen molar-refractivity contribution in [1.29, 1.82) is 0 Å². The first-order valence-electron chi connectivity index (χ1n) is 10.1. The molecule has 1 fully saturated rings.